The van der Waals surface area contributed by atoms with Crippen molar-refractivity contribution in [2.24, 2.45) is 5.41 Å². The molecule has 1 nitrogen and oxygen atoms in total. The molecule has 1 aliphatic carbocycles. The molecule has 0 amide bonds. The van der Waals surface area contributed by atoms with E-state index >= 15 is 0 Å². The zero-order valence-electron chi connectivity index (χ0n) is 11.5. The lowest BCUT2D eigenvalue weighted by Crippen LogP contribution is -2.38. The van der Waals surface area contributed by atoms with E-state index in [-0.39, 0.29) is 0 Å². The molecule has 96 valence electrons. The van der Waals surface area contributed by atoms with E-state index in [4.69, 9.17) is 0 Å². The van der Waals surface area contributed by atoms with Crippen molar-refractivity contribution in [2.75, 3.05) is 0 Å². The molecule has 1 saturated carbocycles. The van der Waals surface area contributed by atoms with Gasteiger partial charge in [0, 0.05) is 21.8 Å². The van der Waals surface area contributed by atoms with Crippen LogP contribution in [-0.2, 0) is 6.42 Å². The Hall–Kier alpha value is -0.340. The molecule has 1 heterocycles. The third kappa shape index (κ3) is 2.92. The van der Waals surface area contributed by atoms with Crippen molar-refractivity contribution in [1.82, 2.24) is 5.32 Å². The Kier molecular flexibility index (Phi) is 3.94. The zero-order chi connectivity index (χ0) is 12.5. The monoisotopic (exact) mass is 251 g/mol. The van der Waals surface area contributed by atoms with Crippen molar-refractivity contribution in [3.05, 3.63) is 21.9 Å². The van der Waals surface area contributed by atoms with Crippen molar-refractivity contribution >= 4 is 11.3 Å². The summed E-state index contributed by atoms with van der Waals surface area (Å²) in [6.45, 7) is 9.33. The Balaban J connectivity index is 1.99. The molecule has 0 saturated heterocycles. The van der Waals surface area contributed by atoms with Gasteiger partial charge in [0.15, 0.2) is 0 Å². The third-order valence-electron chi connectivity index (χ3n) is 4.17. The number of hydrogen-bond acceptors (Lipinski definition) is 2. The molecule has 2 rings (SSSR count). The summed E-state index contributed by atoms with van der Waals surface area (Å²) in [5, 5.41) is 3.83. The van der Waals surface area contributed by atoms with E-state index in [0.29, 0.717) is 17.5 Å². The molecule has 17 heavy (non-hydrogen) atoms. The van der Waals surface area contributed by atoms with E-state index in [1.807, 2.05) is 11.3 Å². The lowest BCUT2D eigenvalue weighted by atomic mass is 9.87. The lowest BCUT2D eigenvalue weighted by Gasteiger charge is -2.30. The molecule has 0 aliphatic heterocycles. The van der Waals surface area contributed by atoms with Crippen LogP contribution in [-0.4, -0.2) is 6.04 Å². The summed E-state index contributed by atoms with van der Waals surface area (Å²) in [6, 6.07) is 5.76. The van der Waals surface area contributed by atoms with Gasteiger partial charge in [-0.05, 0) is 43.7 Å². The van der Waals surface area contributed by atoms with Crippen LogP contribution in [0.15, 0.2) is 12.1 Å². The van der Waals surface area contributed by atoms with Crippen molar-refractivity contribution in [1.29, 1.82) is 0 Å². The molecule has 0 spiro atoms. The van der Waals surface area contributed by atoms with E-state index < -0.39 is 0 Å². The molecule has 0 bridgehead atoms. The largest absolute Gasteiger partial charge is 0.306 e. The molecular weight excluding hydrogens is 226 g/mol. The van der Waals surface area contributed by atoms with E-state index in [2.05, 4.69) is 45.1 Å². The Morgan fingerprint density at radius 3 is 2.76 bits per heavy atom. The van der Waals surface area contributed by atoms with Gasteiger partial charge in [0.05, 0.1) is 0 Å². The van der Waals surface area contributed by atoms with Crippen LogP contribution in [0.25, 0.3) is 0 Å². The average Bonchev–Trinajstić information content (AvgIpc) is 2.86. The number of thiophene rings is 1. The fraction of sp³-hybridized carbons (Fsp3) is 0.733. The highest BCUT2D eigenvalue weighted by Crippen LogP contribution is 2.38. The van der Waals surface area contributed by atoms with Gasteiger partial charge in [-0.1, -0.05) is 27.2 Å². The van der Waals surface area contributed by atoms with E-state index in [9.17, 15) is 0 Å². The number of hydrogen-bond donors (Lipinski definition) is 1. The van der Waals surface area contributed by atoms with Crippen molar-refractivity contribution in [3.8, 4) is 0 Å². The van der Waals surface area contributed by atoms with Gasteiger partial charge in [-0.25, -0.2) is 0 Å². The number of rotatable bonds is 4. The Morgan fingerprint density at radius 1 is 1.47 bits per heavy atom. The van der Waals surface area contributed by atoms with Crippen LogP contribution in [0, 0.1) is 5.41 Å². The van der Waals surface area contributed by atoms with Crippen LogP contribution < -0.4 is 5.32 Å². The first-order valence-electron chi connectivity index (χ1n) is 6.87. The van der Waals surface area contributed by atoms with Crippen LogP contribution >= 0.6 is 11.3 Å². The average molecular weight is 251 g/mol. The van der Waals surface area contributed by atoms with E-state index in [1.165, 1.54) is 29.0 Å². The highest BCUT2D eigenvalue weighted by Gasteiger charge is 2.35. The van der Waals surface area contributed by atoms with Crippen LogP contribution in [0.4, 0.5) is 0 Å². The first-order valence-corrected chi connectivity index (χ1v) is 7.69. The Morgan fingerprint density at radius 2 is 2.24 bits per heavy atom. The maximum atomic E-state index is 3.83. The molecule has 2 unspecified atom stereocenters. The minimum Gasteiger partial charge on any atom is -0.306 e. The fourth-order valence-electron chi connectivity index (χ4n) is 2.84. The van der Waals surface area contributed by atoms with Gasteiger partial charge < -0.3 is 5.32 Å². The molecule has 2 heteroatoms. The third-order valence-corrected chi connectivity index (χ3v) is 5.58. The summed E-state index contributed by atoms with van der Waals surface area (Å²) >= 11 is 1.96. The molecule has 0 radical (unpaired) electrons. The topological polar surface area (TPSA) is 12.0 Å². The Labute approximate surface area is 110 Å². The minimum absolute atomic E-state index is 0.471. The second-order valence-corrected chi connectivity index (χ2v) is 7.18. The molecule has 2 atom stereocenters. The first kappa shape index (κ1) is 13.1. The summed E-state index contributed by atoms with van der Waals surface area (Å²) in [5.41, 5.74) is 0.471. The van der Waals surface area contributed by atoms with Crippen molar-refractivity contribution in [2.45, 2.75) is 65.5 Å². The maximum absolute atomic E-state index is 3.83. The lowest BCUT2D eigenvalue weighted by molar-refractivity contribution is 0.267. The van der Waals surface area contributed by atoms with Crippen LogP contribution in [0.5, 0.6) is 0 Å². The number of nitrogens with one attached hydrogen (secondary N) is 1. The van der Waals surface area contributed by atoms with Gasteiger partial charge in [0.1, 0.15) is 0 Å². The number of aryl methyl sites for hydroxylation is 1. The minimum atomic E-state index is 0.471. The second-order valence-electron chi connectivity index (χ2n) is 5.98. The fourth-order valence-corrected chi connectivity index (χ4v) is 3.80. The molecule has 1 aliphatic rings. The van der Waals surface area contributed by atoms with Gasteiger partial charge in [0.25, 0.3) is 0 Å². The quantitative estimate of drug-likeness (QED) is 0.828. The molecule has 1 aromatic rings. The standard InChI is InChI=1S/C15H25NS/c1-5-12-8-9-13(17-12)11(2)16-14-7-6-10-15(14,3)4/h8-9,11,14,16H,5-7,10H2,1-4H3. The van der Waals surface area contributed by atoms with Gasteiger partial charge >= 0.3 is 0 Å². The van der Waals surface area contributed by atoms with Gasteiger partial charge in [-0.3, -0.25) is 0 Å². The SMILES string of the molecule is CCc1ccc(C(C)NC2CCCC2(C)C)s1. The smallest absolute Gasteiger partial charge is 0.0388 e. The highest BCUT2D eigenvalue weighted by atomic mass is 32.1. The van der Waals surface area contributed by atoms with E-state index in [0.717, 1.165) is 6.42 Å². The summed E-state index contributed by atoms with van der Waals surface area (Å²) in [5.74, 6) is 0. The normalized spacial score (nSPS) is 25.1. The summed E-state index contributed by atoms with van der Waals surface area (Å²) in [4.78, 5) is 2.99. The van der Waals surface area contributed by atoms with Crippen LogP contribution in [0.3, 0.4) is 0 Å². The molecule has 1 aromatic heterocycles. The van der Waals surface area contributed by atoms with E-state index in [1.54, 1.807) is 0 Å². The highest BCUT2D eigenvalue weighted by molar-refractivity contribution is 7.12. The van der Waals surface area contributed by atoms with Crippen molar-refractivity contribution < 1.29 is 0 Å². The first-order chi connectivity index (χ1) is 8.03. The molecule has 1 fully saturated rings. The van der Waals surface area contributed by atoms with Gasteiger partial charge in [-0.2, -0.15) is 0 Å². The van der Waals surface area contributed by atoms with Crippen LogP contribution in [0.2, 0.25) is 0 Å². The van der Waals surface area contributed by atoms with Crippen molar-refractivity contribution in [3.63, 3.8) is 0 Å². The zero-order valence-corrected chi connectivity index (χ0v) is 12.4. The second kappa shape index (κ2) is 5.11. The predicted octanol–water partition coefficient (Wildman–Crippen LogP) is 4.54. The Bertz CT molecular complexity index is 367. The molecule has 1 N–H and O–H groups in total. The van der Waals surface area contributed by atoms with Gasteiger partial charge in [-0.15, -0.1) is 11.3 Å². The maximum Gasteiger partial charge on any atom is 0.0388 e. The summed E-state index contributed by atoms with van der Waals surface area (Å²) < 4.78 is 0. The molecular formula is C15H25NS. The molecule has 0 aromatic carbocycles. The summed E-state index contributed by atoms with van der Waals surface area (Å²) in [7, 11) is 0. The van der Waals surface area contributed by atoms with Crippen LogP contribution in [0.1, 0.15) is 62.8 Å². The summed E-state index contributed by atoms with van der Waals surface area (Å²) in [6.07, 6.45) is 5.24. The predicted molar refractivity (Wildman–Crippen MR) is 76.7 cm³/mol. The van der Waals surface area contributed by atoms with Gasteiger partial charge in [0.2, 0.25) is 0 Å².